The molecule has 6 nitrogen and oxygen atoms in total. The molecule has 0 saturated heterocycles. The highest BCUT2D eigenvalue weighted by molar-refractivity contribution is 5.84. The van der Waals surface area contributed by atoms with Crippen molar-refractivity contribution < 1.29 is 14.0 Å². The van der Waals surface area contributed by atoms with Crippen LogP contribution in [-0.2, 0) is 9.59 Å². The van der Waals surface area contributed by atoms with Crippen molar-refractivity contribution in [2.75, 3.05) is 25.0 Å². The lowest BCUT2D eigenvalue weighted by atomic mass is 9.49. The Hall–Kier alpha value is -2.62. The summed E-state index contributed by atoms with van der Waals surface area (Å²) in [6.07, 6.45) is 7.20. The Balaban J connectivity index is 1.15. The molecule has 4 aliphatic carbocycles. The van der Waals surface area contributed by atoms with Gasteiger partial charge >= 0.3 is 0 Å². The largest absolute Gasteiger partial charge is 0.382 e. The SMILES string of the molecule is N#Cc1c(F)cccc1NCCNC(=O)CCNC(=O)C12CC3CC(CC(C3)C1)C2. The second-order valence-electron chi connectivity index (χ2n) is 9.25. The summed E-state index contributed by atoms with van der Waals surface area (Å²) in [5.74, 6) is 1.60. The highest BCUT2D eigenvalue weighted by Gasteiger charge is 2.54. The van der Waals surface area contributed by atoms with Crippen molar-refractivity contribution in [2.45, 2.75) is 44.9 Å². The van der Waals surface area contributed by atoms with Crippen LogP contribution in [0.15, 0.2) is 18.2 Å². The van der Waals surface area contributed by atoms with Crippen molar-refractivity contribution >= 4 is 17.5 Å². The van der Waals surface area contributed by atoms with E-state index in [2.05, 4.69) is 16.0 Å². The van der Waals surface area contributed by atoms with Gasteiger partial charge in [-0.15, -0.1) is 0 Å². The van der Waals surface area contributed by atoms with Crippen LogP contribution in [0.25, 0.3) is 0 Å². The van der Waals surface area contributed by atoms with E-state index in [1.807, 2.05) is 6.07 Å². The molecule has 0 heterocycles. The van der Waals surface area contributed by atoms with E-state index in [-0.39, 0.29) is 29.2 Å². The molecular formula is C23H29FN4O2. The van der Waals surface area contributed by atoms with E-state index < -0.39 is 5.82 Å². The molecule has 5 rings (SSSR count). The molecule has 4 saturated carbocycles. The van der Waals surface area contributed by atoms with Crippen LogP contribution in [0.4, 0.5) is 10.1 Å². The van der Waals surface area contributed by atoms with Gasteiger partial charge in [0.05, 0.1) is 5.69 Å². The van der Waals surface area contributed by atoms with Crippen molar-refractivity contribution in [3.63, 3.8) is 0 Å². The van der Waals surface area contributed by atoms with Gasteiger partial charge in [-0.1, -0.05) is 6.07 Å². The van der Waals surface area contributed by atoms with E-state index in [9.17, 15) is 14.0 Å². The average Bonchev–Trinajstić information content (AvgIpc) is 2.70. The number of rotatable bonds is 8. The number of amides is 2. The summed E-state index contributed by atoms with van der Waals surface area (Å²) >= 11 is 0. The summed E-state index contributed by atoms with van der Waals surface area (Å²) in [5.41, 5.74) is 0.198. The first kappa shape index (κ1) is 20.6. The van der Waals surface area contributed by atoms with Crippen LogP contribution in [0.2, 0.25) is 0 Å². The summed E-state index contributed by atoms with van der Waals surface area (Å²) < 4.78 is 13.6. The van der Waals surface area contributed by atoms with E-state index in [0.29, 0.717) is 25.3 Å². The summed E-state index contributed by atoms with van der Waals surface area (Å²) in [4.78, 5) is 24.9. The van der Waals surface area contributed by atoms with Gasteiger partial charge in [0.2, 0.25) is 11.8 Å². The third-order valence-corrected chi connectivity index (χ3v) is 7.05. The van der Waals surface area contributed by atoms with Gasteiger partial charge in [-0.2, -0.15) is 5.26 Å². The maximum absolute atomic E-state index is 13.6. The smallest absolute Gasteiger partial charge is 0.226 e. The first-order valence-electron chi connectivity index (χ1n) is 11.0. The molecule has 4 aliphatic rings. The van der Waals surface area contributed by atoms with E-state index in [0.717, 1.165) is 37.0 Å². The van der Waals surface area contributed by atoms with Crippen molar-refractivity contribution in [1.82, 2.24) is 10.6 Å². The van der Waals surface area contributed by atoms with Crippen molar-refractivity contribution in [2.24, 2.45) is 23.2 Å². The predicted molar refractivity (Wildman–Crippen MR) is 111 cm³/mol. The van der Waals surface area contributed by atoms with Gasteiger partial charge in [0, 0.05) is 31.5 Å². The molecule has 0 aliphatic heterocycles. The molecule has 7 heteroatoms. The van der Waals surface area contributed by atoms with E-state index >= 15 is 0 Å². The predicted octanol–water partition coefficient (Wildman–Crippen LogP) is 2.95. The van der Waals surface area contributed by atoms with E-state index in [1.165, 1.54) is 31.4 Å². The van der Waals surface area contributed by atoms with Gasteiger partial charge in [-0.05, 0) is 68.4 Å². The first-order valence-corrected chi connectivity index (χ1v) is 11.0. The number of benzene rings is 1. The molecule has 160 valence electrons. The lowest BCUT2D eigenvalue weighted by Gasteiger charge is -2.55. The number of nitriles is 1. The Labute approximate surface area is 176 Å². The molecule has 4 fully saturated rings. The van der Waals surface area contributed by atoms with Gasteiger partial charge in [-0.25, -0.2) is 4.39 Å². The number of carbonyl (C=O) groups excluding carboxylic acids is 2. The van der Waals surface area contributed by atoms with Gasteiger partial charge in [0.15, 0.2) is 0 Å². The fourth-order valence-corrected chi connectivity index (χ4v) is 6.14. The fourth-order valence-electron chi connectivity index (χ4n) is 6.14. The number of anilines is 1. The van der Waals surface area contributed by atoms with E-state index in [4.69, 9.17) is 5.26 Å². The minimum absolute atomic E-state index is 0.0313. The molecule has 4 bridgehead atoms. The molecule has 0 atom stereocenters. The Kier molecular flexibility index (Phi) is 5.94. The Bertz CT molecular complexity index is 828. The van der Waals surface area contributed by atoms with Gasteiger partial charge in [0.25, 0.3) is 0 Å². The number of nitrogens with zero attached hydrogens (tertiary/aromatic N) is 1. The van der Waals surface area contributed by atoms with Crippen molar-refractivity contribution in [1.29, 1.82) is 5.26 Å². The van der Waals surface area contributed by atoms with Crippen LogP contribution in [0.1, 0.15) is 50.5 Å². The number of hydrogen-bond acceptors (Lipinski definition) is 4. The third-order valence-electron chi connectivity index (χ3n) is 7.05. The molecule has 0 unspecified atom stereocenters. The number of carbonyl (C=O) groups is 2. The molecule has 3 N–H and O–H groups in total. The van der Waals surface area contributed by atoms with Crippen LogP contribution < -0.4 is 16.0 Å². The second kappa shape index (κ2) is 8.63. The fraction of sp³-hybridized carbons (Fsp3) is 0.609. The summed E-state index contributed by atoms with van der Waals surface area (Å²) in [6.45, 7) is 1.08. The molecule has 1 aromatic carbocycles. The zero-order chi connectivity index (χ0) is 21.1. The second-order valence-corrected chi connectivity index (χ2v) is 9.25. The normalized spacial score (nSPS) is 28.6. The summed E-state index contributed by atoms with van der Waals surface area (Å²) in [7, 11) is 0. The van der Waals surface area contributed by atoms with Gasteiger partial charge in [0.1, 0.15) is 17.4 Å². The highest BCUT2D eigenvalue weighted by atomic mass is 19.1. The summed E-state index contributed by atoms with van der Waals surface area (Å²) in [6, 6.07) is 6.23. The molecule has 0 aromatic heterocycles. The number of hydrogen-bond donors (Lipinski definition) is 3. The average molecular weight is 413 g/mol. The molecule has 0 spiro atoms. The molecule has 0 radical (unpaired) electrons. The van der Waals surface area contributed by atoms with Crippen LogP contribution in [0.5, 0.6) is 0 Å². The van der Waals surface area contributed by atoms with Gasteiger partial charge < -0.3 is 16.0 Å². The standard InChI is InChI=1S/C23H29FN4O2/c24-19-2-1-3-20(18(19)14-25)26-6-7-27-21(29)4-5-28-22(30)23-11-15-8-16(12-23)10-17(9-15)13-23/h1-3,15-17,26H,4-13H2,(H,27,29)(H,28,30). The molecule has 1 aromatic rings. The van der Waals surface area contributed by atoms with Gasteiger partial charge in [-0.3, -0.25) is 9.59 Å². The topological polar surface area (TPSA) is 94.0 Å². The van der Waals surface area contributed by atoms with Crippen LogP contribution in [-0.4, -0.2) is 31.4 Å². The minimum atomic E-state index is -0.568. The van der Waals surface area contributed by atoms with E-state index in [1.54, 1.807) is 6.07 Å². The highest BCUT2D eigenvalue weighted by Crippen LogP contribution is 2.60. The number of nitrogens with one attached hydrogen (secondary N) is 3. The van der Waals surface area contributed by atoms with Crippen LogP contribution in [0.3, 0.4) is 0 Å². The molecule has 2 amide bonds. The zero-order valence-electron chi connectivity index (χ0n) is 17.2. The maximum atomic E-state index is 13.6. The lowest BCUT2D eigenvalue weighted by Crippen LogP contribution is -2.53. The Morgan fingerprint density at radius 2 is 1.70 bits per heavy atom. The zero-order valence-corrected chi connectivity index (χ0v) is 17.2. The first-order chi connectivity index (χ1) is 14.5. The third kappa shape index (κ3) is 4.28. The minimum Gasteiger partial charge on any atom is -0.382 e. The monoisotopic (exact) mass is 412 g/mol. The number of halogens is 1. The van der Waals surface area contributed by atoms with Crippen LogP contribution in [0, 0.1) is 40.3 Å². The van der Waals surface area contributed by atoms with Crippen LogP contribution >= 0.6 is 0 Å². The maximum Gasteiger partial charge on any atom is 0.226 e. The quantitative estimate of drug-likeness (QED) is 0.572. The van der Waals surface area contributed by atoms with Crippen molar-refractivity contribution in [3.8, 4) is 6.07 Å². The lowest BCUT2D eigenvalue weighted by molar-refractivity contribution is -0.146. The Morgan fingerprint density at radius 1 is 1.03 bits per heavy atom. The molecular weight excluding hydrogens is 383 g/mol. The molecule has 30 heavy (non-hydrogen) atoms. The Morgan fingerprint density at radius 3 is 2.33 bits per heavy atom. The summed E-state index contributed by atoms with van der Waals surface area (Å²) in [5, 5.41) is 17.8. The van der Waals surface area contributed by atoms with Crippen molar-refractivity contribution in [3.05, 3.63) is 29.6 Å².